The highest BCUT2D eigenvalue weighted by Crippen LogP contribution is 2.55. The van der Waals surface area contributed by atoms with Crippen molar-refractivity contribution in [1.29, 1.82) is 0 Å². The molecular weight excluding hydrogens is 517 g/mol. The molecule has 3 fully saturated rings. The molecule has 2 saturated heterocycles. The second-order valence-corrected chi connectivity index (χ2v) is 12.2. The van der Waals surface area contributed by atoms with Crippen LogP contribution in [0.5, 0.6) is 0 Å². The van der Waals surface area contributed by atoms with Gasteiger partial charge in [-0.15, -0.1) is 0 Å². The molecule has 1 aliphatic carbocycles. The first-order chi connectivity index (χ1) is 19.1. The quantitative estimate of drug-likeness (QED) is 0.422. The third-order valence-corrected chi connectivity index (χ3v) is 10.3. The van der Waals surface area contributed by atoms with Gasteiger partial charge >= 0.3 is 12.1 Å². The zero-order valence-corrected chi connectivity index (χ0v) is 23.2. The minimum Gasteiger partial charge on any atom is -0.462 e. The topological polar surface area (TPSA) is 49.9 Å². The summed E-state index contributed by atoms with van der Waals surface area (Å²) in [7, 11) is 0. The van der Waals surface area contributed by atoms with Crippen molar-refractivity contribution in [3.05, 3.63) is 70.3 Å². The maximum atomic E-state index is 13.9. The predicted octanol–water partition coefficient (Wildman–Crippen LogP) is 6.20. The fourth-order valence-electron chi connectivity index (χ4n) is 8.00. The molecule has 3 unspecified atom stereocenters. The number of esters is 1. The zero-order valence-electron chi connectivity index (χ0n) is 23.2. The van der Waals surface area contributed by atoms with Crippen molar-refractivity contribution in [3.8, 4) is 0 Å². The summed E-state index contributed by atoms with van der Waals surface area (Å²) in [5, 5.41) is 0. The summed E-state index contributed by atoms with van der Waals surface area (Å²) in [6.45, 7) is 6.53. The molecule has 0 aromatic heterocycles. The number of carbonyl (C=O) groups excluding carboxylic acids is 2. The normalized spacial score (nSPS) is 29.1. The molecule has 5 nitrogen and oxygen atoms in total. The number of hydrogen-bond acceptors (Lipinski definition) is 4. The first-order valence-corrected chi connectivity index (χ1v) is 14.6. The number of likely N-dealkylation sites (tertiary alicyclic amines) is 1. The van der Waals surface area contributed by atoms with E-state index in [1.54, 1.807) is 12.1 Å². The Morgan fingerprint density at radius 3 is 2.58 bits per heavy atom. The highest BCUT2D eigenvalue weighted by Gasteiger charge is 2.60. The van der Waals surface area contributed by atoms with Gasteiger partial charge < -0.3 is 14.5 Å². The van der Waals surface area contributed by atoms with E-state index in [2.05, 4.69) is 17.9 Å². The number of carbonyl (C=O) groups is 2. The van der Waals surface area contributed by atoms with Crippen LogP contribution in [0.25, 0.3) is 0 Å². The smallest absolute Gasteiger partial charge is 0.416 e. The molecule has 2 aromatic rings. The Morgan fingerprint density at radius 2 is 1.85 bits per heavy atom. The Labute approximate surface area is 233 Å². The van der Waals surface area contributed by atoms with Crippen molar-refractivity contribution in [3.63, 3.8) is 0 Å². The summed E-state index contributed by atoms with van der Waals surface area (Å²) in [5.41, 5.74) is 2.28. The number of rotatable bonds is 4. The third-order valence-electron chi connectivity index (χ3n) is 10.3. The van der Waals surface area contributed by atoms with E-state index in [4.69, 9.17) is 4.74 Å². The third kappa shape index (κ3) is 4.62. The molecule has 214 valence electrons. The van der Waals surface area contributed by atoms with Crippen LogP contribution in [0.1, 0.15) is 84.5 Å². The molecule has 1 amide bonds. The highest BCUT2D eigenvalue weighted by atomic mass is 19.4. The zero-order chi connectivity index (χ0) is 28.2. The molecule has 2 aromatic carbocycles. The van der Waals surface area contributed by atoms with Crippen molar-refractivity contribution in [2.45, 2.75) is 83.1 Å². The minimum atomic E-state index is -4.38. The largest absolute Gasteiger partial charge is 0.462 e. The SMILES string of the molecule is CCOC(=O)c1cccc(C2CCN(C3CC[C@@]4(C3)C(=O)N3Cc5cc(C(F)(F)F)ccc5CC3C4C)CC2)c1. The number of benzene rings is 2. The standard InChI is InChI=1S/C32H37F3N2O3/c1-3-40-29(38)24-6-4-5-22(15-24)21-10-13-36(14-11-21)27-9-12-31(18-27)20(2)28-17-23-7-8-26(32(33,34)35)16-25(23)19-37(28)30(31)39/h4-8,15-16,20-21,27-28H,3,9-14,17-19H2,1-2H3/t20?,27?,28?,31-/m0/s1. The summed E-state index contributed by atoms with van der Waals surface area (Å²) in [5.74, 6) is 0.417. The predicted molar refractivity (Wildman–Crippen MR) is 145 cm³/mol. The molecule has 0 N–H and O–H groups in total. The first kappa shape index (κ1) is 27.3. The Bertz CT molecular complexity index is 1300. The van der Waals surface area contributed by atoms with Gasteiger partial charge in [0.1, 0.15) is 0 Å². The van der Waals surface area contributed by atoms with Crippen molar-refractivity contribution >= 4 is 11.9 Å². The number of hydrogen-bond donors (Lipinski definition) is 0. The average molecular weight is 555 g/mol. The highest BCUT2D eigenvalue weighted by molar-refractivity contribution is 5.89. The lowest BCUT2D eigenvalue weighted by Crippen LogP contribution is -2.42. The fraction of sp³-hybridized carbons (Fsp3) is 0.562. The van der Waals surface area contributed by atoms with Gasteiger partial charge in [-0.05, 0) is 111 Å². The molecule has 6 rings (SSSR count). The number of piperidine rings is 1. The lowest BCUT2D eigenvalue weighted by Gasteiger charge is -2.37. The molecule has 4 aliphatic rings. The summed E-state index contributed by atoms with van der Waals surface area (Å²) < 4.78 is 45.1. The lowest BCUT2D eigenvalue weighted by atomic mass is 9.73. The van der Waals surface area contributed by atoms with E-state index in [9.17, 15) is 22.8 Å². The van der Waals surface area contributed by atoms with Crippen LogP contribution < -0.4 is 0 Å². The molecule has 40 heavy (non-hydrogen) atoms. The molecule has 3 heterocycles. The first-order valence-electron chi connectivity index (χ1n) is 14.6. The van der Waals surface area contributed by atoms with Crippen LogP contribution in [0.15, 0.2) is 42.5 Å². The maximum absolute atomic E-state index is 13.9. The Hall–Kier alpha value is -2.87. The van der Waals surface area contributed by atoms with E-state index < -0.39 is 17.2 Å². The van der Waals surface area contributed by atoms with E-state index >= 15 is 0 Å². The van der Waals surface area contributed by atoms with E-state index in [0.29, 0.717) is 36.1 Å². The van der Waals surface area contributed by atoms with Gasteiger partial charge in [0, 0.05) is 18.6 Å². The summed E-state index contributed by atoms with van der Waals surface area (Å²) >= 11 is 0. The van der Waals surface area contributed by atoms with E-state index in [0.717, 1.165) is 50.8 Å². The van der Waals surface area contributed by atoms with E-state index in [1.807, 2.05) is 24.0 Å². The second kappa shape index (κ2) is 10.2. The van der Waals surface area contributed by atoms with Crippen molar-refractivity contribution in [2.24, 2.45) is 11.3 Å². The van der Waals surface area contributed by atoms with Crippen LogP contribution in [0.4, 0.5) is 13.2 Å². The molecule has 1 spiro atoms. The molecule has 0 radical (unpaired) electrons. The summed E-state index contributed by atoms with van der Waals surface area (Å²) in [4.78, 5) is 30.5. The number of halogens is 3. The molecule has 8 heteroatoms. The maximum Gasteiger partial charge on any atom is 0.416 e. The number of fused-ring (bicyclic) bond motifs is 2. The van der Waals surface area contributed by atoms with Gasteiger partial charge in [-0.1, -0.05) is 25.1 Å². The lowest BCUT2D eigenvalue weighted by molar-refractivity contribution is -0.138. The number of amides is 1. The summed E-state index contributed by atoms with van der Waals surface area (Å²) in [6.07, 6.45) is 0.901. The van der Waals surface area contributed by atoms with Crippen LogP contribution in [-0.4, -0.2) is 53.5 Å². The molecule has 1 saturated carbocycles. The van der Waals surface area contributed by atoms with E-state index in [1.165, 1.54) is 17.7 Å². The van der Waals surface area contributed by atoms with Crippen LogP contribution in [0.3, 0.4) is 0 Å². The van der Waals surface area contributed by atoms with Crippen LogP contribution in [0.2, 0.25) is 0 Å². The average Bonchev–Trinajstić information content (AvgIpc) is 3.48. The van der Waals surface area contributed by atoms with Gasteiger partial charge in [0.25, 0.3) is 0 Å². The van der Waals surface area contributed by atoms with Gasteiger partial charge in [0.15, 0.2) is 0 Å². The van der Waals surface area contributed by atoms with Gasteiger partial charge in [-0.2, -0.15) is 13.2 Å². The van der Waals surface area contributed by atoms with Crippen LogP contribution in [0, 0.1) is 11.3 Å². The number of nitrogens with zero attached hydrogens (tertiary/aromatic N) is 2. The van der Waals surface area contributed by atoms with Gasteiger partial charge in [0.2, 0.25) is 5.91 Å². The Kier molecular flexibility index (Phi) is 6.96. The Morgan fingerprint density at radius 1 is 1.07 bits per heavy atom. The minimum absolute atomic E-state index is 0.0490. The van der Waals surface area contributed by atoms with Crippen molar-refractivity contribution in [2.75, 3.05) is 19.7 Å². The van der Waals surface area contributed by atoms with E-state index in [-0.39, 0.29) is 30.4 Å². The van der Waals surface area contributed by atoms with Crippen molar-refractivity contribution < 1.29 is 27.5 Å². The van der Waals surface area contributed by atoms with Gasteiger partial charge in [0.05, 0.1) is 23.1 Å². The number of ether oxygens (including phenoxy) is 1. The van der Waals surface area contributed by atoms with Crippen LogP contribution >= 0.6 is 0 Å². The van der Waals surface area contributed by atoms with Crippen LogP contribution in [-0.2, 0) is 28.7 Å². The molecule has 3 aliphatic heterocycles. The monoisotopic (exact) mass is 554 g/mol. The molecule has 0 bridgehead atoms. The second-order valence-electron chi connectivity index (χ2n) is 12.2. The Balaban J connectivity index is 1.11. The summed E-state index contributed by atoms with van der Waals surface area (Å²) in [6, 6.07) is 12.2. The van der Waals surface area contributed by atoms with Gasteiger partial charge in [-0.25, -0.2) is 4.79 Å². The molecular formula is C32H37F3N2O3. The fourth-order valence-corrected chi connectivity index (χ4v) is 8.00. The molecule has 4 atom stereocenters. The van der Waals surface area contributed by atoms with Crippen molar-refractivity contribution in [1.82, 2.24) is 9.80 Å². The number of alkyl halides is 3. The van der Waals surface area contributed by atoms with Gasteiger partial charge in [-0.3, -0.25) is 4.79 Å².